The molecule has 160 valence electrons. The van der Waals surface area contributed by atoms with Crippen molar-refractivity contribution >= 4 is 5.97 Å². The lowest BCUT2D eigenvalue weighted by Crippen LogP contribution is -2.42. The van der Waals surface area contributed by atoms with Crippen molar-refractivity contribution in [2.24, 2.45) is 17.8 Å². The van der Waals surface area contributed by atoms with Crippen LogP contribution in [0.25, 0.3) is 0 Å². The van der Waals surface area contributed by atoms with Crippen molar-refractivity contribution in [3.8, 4) is 5.75 Å². The molecule has 3 fully saturated rings. The van der Waals surface area contributed by atoms with E-state index in [1.807, 2.05) is 6.07 Å². The lowest BCUT2D eigenvalue weighted by molar-refractivity contribution is -0.0231. The van der Waals surface area contributed by atoms with E-state index < -0.39 is 6.10 Å². The number of carbonyl (C=O) groups excluding carboxylic acids is 1. The monoisotopic (exact) mass is 402 g/mol. The van der Waals surface area contributed by atoms with Crippen molar-refractivity contribution in [3.05, 3.63) is 29.8 Å². The molecule has 3 aliphatic rings. The van der Waals surface area contributed by atoms with Crippen molar-refractivity contribution in [2.45, 2.75) is 44.3 Å². The third kappa shape index (κ3) is 5.11. The molecular weight excluding hydrogens is 368 g/mol. The molecule has 0 radical (unpaired) electrons. The molecule has 2 N–H and O–H groups in total. The van der Waals surface area contributed by atoms with Crippen LogP contribution in [0.2, 0.25) is 0 Å². The number of aliphatic hydroxyl groups is 1. The van der Waals surface area contributed by atoms with Gasteiger partial charge in [-0.25, -0.2) is 4.79 Å². The van der Waals surface area contributed by atoms with Crippen molar-refractivity contribution in [2.75, 3.05) is 39.8 Å². The molecule has 0 unspecified atom stereocenters. The molecule has 6 nitrogen and oxygen atoms in total. The first-order valence-corrected chi connectivity index (χ1v) is 11.1. The number of carbonyl (C=O) groups is 1. The summed E-state index contributed by atoms with van der Waals surface area (Å²) in [5, 5.41) is 14.1. The number of nitrogens with zero attached hydrogens (tertiary/aromatic N) is 1. The number of esters is 1. The molecule has 1 saturated carbocycles. The minimum atomic E-state index is -0.456. The summed E-state index contributed by atoms with van der Waals surface area (Å²) >= 11 is 0. The number of hydrogen-bond donors (Lipinski definition) is 2. The molecule has 29 heavy (non-hydrogen) atoms. The number of nitrogens with one attached hydrogen (secondary N) is 1. The summed E-state index contributed by atoms with van der Waals surface area (Å²) in [4.78, 5) is 14.3. The molecule has 0 spiro atoms. The Bertz CT molecular complexity index is 691. The first kappa shape index (κ1) is 20.6. The summed E-state index contributed by atoms with van der Waals surface area (Å²) < 4.78 is 10.9. The normalized spacial score (nSPS) is 30.7. The smallest absolute Gasteiger partial charge is 0.337 e. The Hall–Kier alpha value is -1.63. The average Bonchev–Trinajstić information content (AvgIpc) is 3.14. The molecule has 1 aliphatic carbocycles. The predicted molar refractivity (Wildman–Crippen MR) is 111 cm³/mol. The van der Waals surface area contributed by atoms with Gasteiger partial charge >= 0.3 is 5.97 Å². The molecule has 4 atom stereocenters. The van der Waals surface area contributed by atoms with Crippen LogP contribution in [-0.4, -0.2) is 68.0 Å². The van der Waals surface area contributed by atoms with Crippen LogP contribution in [-0.2, 0) is 4.74 Å². The van der Waals surface area contributed by atoms with Gasteiger partial charge in [-0.1, -0.05) is 6.07 Å². The van der Waals surface area contributed by atoms with E-state index in [1.165, 1.54) is 32.9 Å². The fourth-order valence-electron chi connectivity index (χ4n) is 5.32. The second kappa shape index (κ2) is 9.45. The maximum atomic E-state index is 11.7. The van der Waals surface area contributed by atoms with Gasteiger partial charge in [-0.05, 0) is 87.7 Å². The Morgan fingerprint density at radius 3 is 2.72 bits per heavy atom. The predicted octanol–water partition coefficient (Wildman–Crippen LogP) is 2.31. The summed E-state index contributed by atoms with van der Waals surface area (Å²) in [5.41, 5.74) is 0.470. The number of aliphatic hydroxyl groups excluding tert-OH is 1. The summed E-state index contributed by atoms with van der Waals surface area (Å²) in [6, 6.07) is 7.04. The molecule has 2 heterocycles. The van der Waals surface area contributed by atoms with E-state index in [4.69, 9.17) is 9.47 Å². The highest BCUT2D eigenvalue weighted by Crippen LogP contribution is 2.38. The van der Waals surface area contributed by atoms with Gasteiger partial charge in [-0.2, -0.15) is 0 Å². The molecule has 0 aromatic heterocycles. The van der Waals surface area contributed by atoms with Crippen molar-refractivity contribution in [1.29, 1.82) is 0 Å². The Morgan fingerprint density at radius 1 is 1.21 bits per heavy atom. The topological polar surface area (TPSA) is 71.0 Å². The van der Waals surface area contributed by atoms with Gasteiger partial charge in [-0.3, -0.25) is 0 Å². The second-order valence-corrected chi connectivity index (χ2v) is 8.98. The van der Waals surface area contributed by atoms with Crippen molar-refractivity contribution < 1.29 is 19.4 Å². The van der Waals surface area contributed by atoms with E-state index in [0.29, 0.717) is 23.1 Å². The molecule has 6 heteroatoms. The van der Waals surface area contributed by atoms with Crippen molar-refractivity contribution in [3.63, 3.8) is 0 Å². The highest BCUT2D eigenvalue weighted by atomic mass is 16.5. The number of likely N-dealkylation sites (tertiary alicyclic amines) is 1. The van der Waals surface area contributed by atoms with Gasteiger partial charge in [0, 0.05) is 13.1 Å². The van der Waals surface area contributed by atoms with Gasteiger partial charge in [0.05, 0.1) is 18.8 Å². The minimum absolute atomic E-state index is 0.214. The quantitative estimate of drug-likeness (QED) is 0.712. The molecule has 2 aliphatic heterocycles. The molecule has 0 amide bonds. The lowest BCUT2D eigenvalue weighted by atomic mass is 9.78. The Kier molecular flexibility index (Phi) is 6.73. The summed E-state index contributed by atoms with van der Waals surface area (Å²) in [5.74, 6) is 2.26. The number of fused-ring (bicyclic) bond motifs is 1. The maximum absolute atomic E-state index is 11.7. The van der Waals surface area contributed by atoms with Gasteiger partial charge in [0.15, 0.2) is 0 Å². The maximum Gasteiger partial charge on any atom is 0.337 e. The highest BCUT2D eigenvalue weighted by Gasteiger charge is 2.42. The Labute approximate surface area is 173 Å². The van der Waals surface area contributed by atoms with Crippen molar-refractivity contribution in [1.82, 2.24) is 10.2 Å². The van der Waals surface area contributed by atoms with Crippen LogP contribution in [0.4, 0.5) is 0 Å². The summed E-state index contributed by atoms with van der Waals surface area (Å²) in [7, 11) is 1.37. The fourth-order valence-corrected chi connectivity index (χ4v) is 5.32. The van der Waals surface area contributed by atoms with Gasteiger partial charge < -0.3 is 24.8 Å². The Morgan fingerprint density at radius 2 is 1.97 bits per heavy atom. The molecule has 4 rings (SSSR count). The number of ether oxygens (including phenoxy) is 2. The number of methoxy groups -OCH3 is 1. The summed E-state index contributed by atoms with van der Waals surface area (Å²) in [6.07, 6.45) is 4.91. The molecule has 1 aromatic rings. The molecule has 0 bridgehead atoms. The zero-order chi connectivity index (χ0) is 20.2. The van der Waals surface area contributed by atoms with Crippen LogP contribution in [0.1, 0.15) is 42.5 Å². The van der Waals surface area contributed by atoms with Crippen LogP contribution in [0, 0.1) is 17.8 Å². The van der Waals surface area contributed by atoms with Gasteiger partial charge in [0.2, 0.25) is 0 Å². The first-order chi connectivity index (χ1) is 14.1. The van der Waals surface area contributed by atoms with Gasteiger partial charge in [0.1, 0.15) is 11.9 Å². The number of benzene rings is 1. The number of rotatable bonds is 6. The average molecular weight is 403 g/mol. The van der Waals surface area contributed by atoms with Gasteiger partial charge in [-0.15, -0.1) is 0 Å². The van der Waals surface area contributed by atoms with E-state index in [0.717, 1.165) is 44.9 Å². The minimum Gasteiger partial charge on any atom is -0.488 e. The standard InChI is InChI=1S/C23H34N2O4/c1-28-23(27)17-3-2-4-20(11-17)29-22-13-19-15-25(14-18(19)12-21(22)26)10-7-16-5-8-24-9-6-16/h2-4,11,16,18-19,21-22,24,26H,5-10,12-15H2,1H3/t18-,19+,21+,22+/m0/s1. The third-order valence-electron chi connectivity index (χ3n) is 7.02. The zero-order valence-electron chi connectivity index (χ0n) is 17.4. The molecule has 2 saturated heterocycles. The number of hydrogen-bond acceptors (Lipinski definition) is 6. The SMILES string of the molecule is COC(=O)c1cccc(O[C@@H]2C[C@@H]3CN(CCC4CCNCC4)C[C@@H]3C[C@H]2O)c1. The molecule has 1 aromatic carbocycles. The van der Waals surface area contributed by atoms with Crippen LogP contribution in [0.3, 0.4) is 0 Å². The van der Waals surface area contributed by atoms with E-state index >= 15 is 0 Å². The largest absolute Gasteiger partial charge is 0.488 e. The number of piperidine rings is 1. The van der Waals surface area contributed by atoms with Crippen LogP contribution in [0.15, 0.2) is 24.3 Å². The van der Waals surface area contributed by atoms with E-state index in [1.54, 1.807) is 18.2 Å². The van der Waals surface area contributed by atoms with Gasteiger partial charge in [0.25, 0.3) is 0 Å². The lowest BCUT2D eigenvalue weighted by Gasteiger charge is -2.35. The van der Waals surface area contributed by atoms with E-state index in [2.05, 4.69) is 10.2 Å². The van der Waals surface area contributed by atoms with Crippen LogP contribution < -0.4 is 10.1 Å². The van der Waals surface area contributed by atoms with Crippen LogP contribution in [0.5, 0.6) is 5.75 Å². The second-order valence-electron chi connectivity index (χ2n) is 8.98. The Balaban J connectivity index is 1.30. The van der Waals surface area contributed by atoms with E-state index in [9.17, 15) is 9.90 Å². The third-order valence-corrected chi connectivity index (χ3v) is 7.02. The first-order valence-electron chi connectivity index (χ1n) is 11.1. The van der Waals surface area contributed by atoms with Crippen LogP contribution >= 0.6 is 0 Å². The van der Waals surface area contributed by atoms with E-state index in [-0.39, 0.29) is 12.1 Å². The summed E-state index contributed by atoms with van der Waals surface area (Å²) in [6.45, 7) is 5.73. The zero-order valence-corrected chi connectivity index (χ0v) is 17.4. The fraction of sp³-hybridized carbons (Fsp3) is 0.696. The highest BCUT2D eigenvalue weighted by molar-refractivity contribution is 5.89. The molecular formula is C23H34N2O4.